The molecule has 0 saturated carbocycles. The first kappa shape index (κ1) is 22.4. The minimum atomic E-state index is -4.67. The van der Waals surface area contributed by atoms with Crippen LogP contribution >= 0.6 is 0 Å². The van der Waals surface area contributed by atoms with Crippen molar-refractivity contribution in [3.05, 3.63) is 0 Å². The molecule has 0 aliphatic carbocycles. The third-order valence-electron chi connectivity index (χ3n) is 0. The quantitative estimate of drug-likeness (QED) is 0.408. The molecule has 2 N–H and O–H groups in total. The van der Waals surface area contributed by atoms with Gasteiger partial charge in [-0.2, -0.15) is 8.42 Å². The van der Waals surface area contributed by atoms with Crippen LogP contribution in [0.4, 0.5) is 0 Å². The van der Waals surface area contributed by atoms with Crippen LogP contribution in [-0.4, -0.2) is 68.9 Å². The van der Waals surface area contributed by atoms with E-state index in [1.807, 2.05) is 0 Å². The minimum Gasteiger partial charge on any atom is 0 e. The Bertz CT molecular complexity index is 99.2. The van der Waals surface area contributed by atoms with E-state index >= 15 is 0 Å². The van der Waals surface area contributed by atoms with Crippen LogP contribution in [0.2, 0.25) is 0 Å². The van der Waals surface area contributed by atoms with Crippen molar-refractivity contribution in [1.29, 1.82) is 0 Å². The number of hydrogen-bond acceptors (Lipinski definition) is 2. The summed E-state index contributed by atoms with van der Waals surface area (Å²) in [6, 6.07) is 0. The molecule has 1 radical (unpaired) electrons. The van der Waals surface area contributed by atoms with Crippen molar-refractivity contribution in [3.63, 3.8) is 0 Å². The van der Waals surface area contributed by atoms with Gasteiger partial charge in [-0.1, -0.05) is 0 Å². The summed E-state index contributed by atoms with van der Waals surface area (Å²) in [6.45, 7) is 0. The topological polar surface area (TPSA) is 74.6 Å². The van der Waals surface area contributed by atoms with Gasteiger partial charge in [0.25, 0.3) is 0 Å². The smallest absolute Gasteiger partial charge is 0 e. The zero-order valence-electron chi connectivity index (χ0n) is 3.00. The molecule has 4 nitrogen and oxygen atoms in total. The molecule has 8 heavy (non-hydrogen) atoms. The number of hydrogen-bond donors (Lipinski definition) is 2. The van der Waals surface area contributed by atoms with Crippen LogP contribution in [0.3, 0.4) is 0 Å². The third-order valence-corrected chi connectivity index (χ3v) is 0. The van der Waals surface area contributed by atoms with Crippen molar-refractivity contribution < 1.29 is 56.3 Å². The Morgan fingerprint density at radius 3 is 1.12 bits per heavy atom. The fourth-order valence-corrected chi connectivity index (χ4v) is 0. The van der Waals surface area contributed by atoms with Crippen LogP contribution in [0.15, 0.2) is 0 Å². The first-order valence-corrected chi connectivity index (χ1v) is 2.10. The molecule has 0 aromatic rings. The van der Waals surface area contributed by atoms with Gasteiger partial charge in [0.1, 0.15) is 0 Å². The van der Waals surface area contributed by atoms with Gasteiger partial charge in [-0.3, -0.25) is 9.11 Å². The SMILES string of the molecule is O=S(=O)(O)O.[KH].[Mn].[Ti]. The summed E-state index contributed by atoms with van der Waals surface area (Å²) in [6.07, 6.45) is 0. The largest absolute Gasteiger partial charge is 0 e. The predicted molar refractivity (Wildman–Crippen MR) is 21.3 cm³/mol. The molecule has 0 aliphatic rings. The van der Waals surface area contributed by atoms with E-state index in [0.717, 1.165) is 0 Å². The van der Waals surface area contributed by atoms with Crippen LogP contribution < -0.4 is 0 Å². The monoisotopic (exact) mass is 241 g/mol. The average molecular weight is 241 g/mol. The first-order valence-electron chi connectivity index (χ1n) is 0.698. The molecule has 45 valence electrons. The van der Waals surface area contributed by atoms with Gasteiger partial charge >= 0.3 is 61.8 Å². The Kier molecular flexibility index (Phi) is 27.3. The normalized spacial score (nSPS) is 7.25. The van der Waals surface area contributed by atoms with Gasteiger partial charge in [0.2, 0.25) is 0 Å². The standard InChI is InChI=1S/K.Mn.H2O4S.Ti.H/c;;1-5(2,3)4;;/h;;(H2,1,2,3,4);;. The molecule has 0 saturated heterocycles. The van der Waals surface area contributed by atoms with Gasteiger partial charge in [0.05, 0.1) is 0 Å². The van der Waals surface area contributed by atoms with E-state index < -0.39 is 10.4 Å². The predicted octanol–water partition coefficient (Wildman–Crippen LogP) is -1.31. The van der Waals surface area contributed by atoms with E-state index in [1.54, 1.807) is 0 Å². The second-order valence-corrected chi connectivity index (χ2v) is 1.34. The van der Waals surface area contributed by atoms with Crippen molar-refractivity contribution in [2.24, 2.45) is 0 Å². The van der Waals surface area contributed by atoms with Gasteiger partial charge in [0.15, 0.2) is 0 Å². The zero-order chi connectivity index (χ0) is 4.50. The summed E-state index contributed by atoms with van der Waals surface area (Å²) in [5.41, 5.74) is 0. The molecule has 8 heteroatoms. The van der Waals surface area contributed by atoms with E-state index in [4.69, 9.17) is 17.5 Å². The van der Waals surface area contributed by atoms with Gasteiger partial charge in [0, 0.05) is 38.8 Å². The molecule has 0 aromatic carbocycles. The van der Waals surface area contributed by atoms with E-state index in [2.05, 4.69) is 0 Å². The van der Waals surface area contributed by atoms with Crippen molar-refractivity contribution in [3.8, 4) is 0 Å². The summed E-state index contributed by atoms with van der Waals surface area (Å²) < 4.78 is 31.6. The van der Waals surface area contributed by atoms with Crippen LogP contribution in [-0.2, 0) is 49.2 Å². The summed E-state index contributed by atoms with van der Waals surface area (Å²) in [5.74, 6) is 0. The summed E-state index contributed by atoms with van der Waals surface area (Å²) in [5, 5.41) is 0. The molecule has 0 fully saturated rings. The molecule has 0 aromatic heterocycles. The Labute approximate surface area is 116 Å². The molecule has 0 aliphatic heterocycles. The molecule has 0 atom stereocenters. The van der Waals surface area contributed by atoms with Crippen molar-refractivity contribution >= 4 is 61.8 Å². The Morgan fingerprint density at radius 1 is 1.12 bits per heavy atom. The molecule has 0 amide bonds. The number of rotatable bonds is 0. The van der Waals surface area contributed by atoms with Crippen LogP contribution in [0.25, 0.3) is 0 Å². The molecule has 0 rings (SSSR count). The zero-order valence-corrected chi connectivity index (χ0v) is 6.56. The maximum absolute atomic E-state index is 8.74. The fraction of sp³-hybridized carbons (Fsp3) is 0. The maximum atomic E-state index is 8.74. The van der Waals surface area contributed by atoms with E-state index in [0.29, 0.717) is 0 Å². The summed E-state index contributed by atoms with van der Waals surface area (Å²) in [4.78, 5) is 0. The molecular formula is H3KMnO4STi. The van der Waals surface area contributed by atoms with E-state index in [1.165, 1.54) is 0 Å². The minimum absolute atomic E-state index is 0. The van der Waals surface area contributed by atoms with Crippen LogP contribution in [0.5, 0.6) is 0 Å². The average Bonchev–Trinajstić information content (AvgIpc) is 0.722. The van der Waals surface area contributed by atoms with Gasteiger partial charge in [-0.15, -0.1) is 0 Å². The molecule has 0 unspecified atom stereocenters. The van der Waals surface area contributed by atoms with Gasteiger partial charge in [-0.25, -0.2) is 0 Å². The van der Waals surface area contributed by atoms with Gasteiger partial charge in [-0.05, 0) is 0 Å². The Hall–Kier alpha value is 2.74. The second kappa shape index (κ2) is 9.74. The maximum Gasteiger partial charge on any atom is 0 e. The molecule has 0 bridgehead atoms. The third kappa shape index (κ3) is 69.7. The fourth-order valence-electron chi connectivity index (χ4n) is 0. The van der Waals surface area contributed by atoms with Crippen molar-refractivity contribution in [2.75, 3.05) is 0 Å². The summed E-state index contributed by atoms with van der Waals surface area (Å²) >= 11 is 0. The van der Waals surface area contributed by atoms with Crippen LogP contribution in [0, 0.1) is 0 Å². The van der Waals surface area contributed by atoms with Crippen molar-refractivity contribution in [2.45, 2.75) is 0 Å². The molecule has 0 spiro atoms. The van der Waals surface area contributed by atoms with E-state index in [9.17, 15) is 0 Å². The van der Waals surface area contributed by atoms with E-state index in [-0.39, 0.29) is 90.2 Å². The first-order chi connectivity index (χ1) is 2.00. The Balaban J connectivity index is -0.0000000267. The van der Waals surface area contributed by atoms with Crippen LogP contribution in [0.1, 0.15) is 0 Å². The molecular weight excluding hydrogens is 238 g/mol. The summed E-state index contributed by atoms with van der Waals surface area (Å²) in [7, 11) is -4.67. The van der Waals surface area contributed by atoms with Gasteiger partial charge < -0.3 is 0 Å². The Morgan fingerprint density at radius 2 is 1.12 bits per heavy atom. The van der Waals surface area contributed by atoms with Crippen molar-refractivity contribution in [1.82, 2.24) is 0 Å². The second-order valence-electron chi connectivity index (χ2n) is 0.448. The molecule has 0 heterocycles.